The fraction of sp³-hybridized carbons (Fsp3) is 0.500. The lowest BCUT2D eigenvalue weighted by Crippen LogP contribution is -2.77. The zero-order chi connectivity index (χ0) is 30.9. The van der Waals surface area contributed by atoms with Gasteiger partial charge in [0.1, 0.15) is 17.4 Å². The van der Waals surface area contributed by atoms with Crippen LogP contribution in [0.15, 0.2) is 46.6 Å². The number of hydrogen-bond donors (Lipinski definition) is 5. The molecule has 228 valence electrons. The molecule has 2 amide bonds. The third-order valence-electron chi connectivity index (χ3n) is 9.20. The molecule has 1 aromatic carbocycles. The zero-order valence-electron chi connectivity index (χ0n) is 24.4. The standard InChI is InChI=1S/C28H36N10O5/c1-26(2)9-12-43-19-15(7-5-8-16(19)26)22(39)34-18-14-37-24(29)33-17(13-36(4)23(40)21-31-10-6-11-32-21)20-28(37,27(18,3)41)38(42)25(30)35-20/h5-8,10-11,17-18,20,41-42H,9,12-14H2,1-4H3,(H2,29,33)(H2,30,35)(H,34,39)/t17?,18?,20-,27-,28?/m0/s1. The normalized spacial score (nSPS) is 30.3. The molecule has 3 unspecified atom stereocenters. The molecule has 6 rings (SSSR count). The fourth-order valence-corrected chi connectivity index (χ4v) is 6.79. The van der Waals surface area contributed by atoms with Crippen molar-refractivity contribution in [1.82, 2.24) is 30.1 Å². The van der Waals surface area contributed by atoms with Crippen LogP contribution in [0.5, 0.6) is 5.75 Å². The number of amides is 2. The Labute approximate surface area is 248 Å². The van der Waals surface area contributed by atoms with E-state index in [9.17, 15) is 19.9 Å². The Morgan fingerprint density at radius 3 is 2.58 bits per heavy atom. The van der Waals surface area contributed by atoms with Crippen LogP contribution >= 0.6 is 0 Å². The molecule has 0 saturated carbocycles. The number of ether oxygens (including phenoxy) is 1. The average molecular weight is 593 g/mol. The molecule has 5 atom stereocenters. The number of carbonyl (C=O) groups excluding carboxylic acids is 2. The van der Waals surface area contributed by atoms with Crippen LogP contribution < -0.4 is 21.5 Å². The topological polar surface area (TPSA) is 208 Å². The number of aliphatic hydroxyl groups is 1. The van der Waals surface area contributed by atoms with E-state index in [1.165, 1.54) is 29.1 Å². The van der Waals surface area contributed by atoms with E-state index < -0.39 is 41.2 Å². The fourth-order valence-electron chi connectivity index (χ4n) is 6.79. The Morgan fingerprint density at radius 1 is 1.14 bits per heavy atom. The molecule has 5 heterocycles. The number of para-hydroxylation sites is 1. The van der Waals surface area contributed by atoms with E-state index in [0.717, 1.165) is 12.0 Å². The molecule has 1 spiro atoms. The highest BCUT2D eigenvalue weighted by atomic mass is 16.5. The number of nitrogens with one attached hydrogen (secondary N) is 1. The third-order valence-corrected chi connectivity index (χ3v) is 9.20. The summed E-state index contributed by atoms with van der Waals surface area (Å²) in [5.41, 5.74) is 10.1. The molecular formula is C28H36N10O5. The van der Waals surface area contributed by atoms with Gasteiger partial charge in [-0.05, 0) is 30.9 Å². The van der Waals surface area contributed by atoms with Crippen molar-refractivity contribution in [2.75, 3.05) is 26.7 Å². The minimum Gasteiger partial charge on any atom is -0.492 e. The van der Waals surface area contributed by atoms with Gasteiger partial charge in [-0.25, -0.2) is 20.0 Å². The van der Waals surface area contributed by atoms with Crippen molar-refractivity contribution in [3.63, 3.8) is 0 Å². The smallest absolute Gasteiger partial charge is 0.291 e. The molecule has 4 aliphatic heterocycles. The highest BCUT2D eigenvalue weighted by Gasteiger charge is 2.74. The Kier molecular flexibility index (Phi) is 6.50. The lowest BCUT2D eigenvalue weighted by molar-refractivity contribution is -0.218. The number of nitrogens with zero attached hydrogens (tertiary/aromatic N) is 7. The highest BCUT2D eigenvalue weighted by Crippen LogP contribution is 2.50. The van der Waals surface area contributed by atoms with Crippen LogP contribution in [-0.2, 0) is 5.41 Å². The van der Waals surface area contributed by atoms with Gasteiger partial charge in [-0.15, -0.1) is 0 Å². The van der Waals surface area contributed by atoms with Gasteiger partial charge in [-0.2, -0.15) is 5.06 Å². The summed E-state index contributed by atoms with van der Waals surface area (Å²) in [6, 6.07) is 4.30. The number of aromatic nitrogens is 2. The van der Waals surface area contributed by atoms with Gasteiger partial charge in [-0.1, -0.05) is 26.0 Å². The first-order valence-electron chi connectivity index (χ1n) is 14.1. The van der Waals surface area contributed by atoms with Crippen LogP contribution in [0.1, 0.15) is 53.7 Å². The van der Waals surface area contributed by atoms with Crippen LogP contribution in [0.2, 0.25) is 0 Å². The van der Waals surface area contributed by atoms with Crippen molar-refractivity contribution in [2.24, 2.45) is 21.5 Å². The maximum absolute atomic E-state index is 13.7. The second kappa shape index (κ2) is 9.77. The quantitative estimate of drug-likeness (QED) is 0.292. The van der Waals surface area contributed by atoms with E-state index in [-0.39, 0.29) is 36.2 Å². The number of carbonyl (C=O) groups is 2. The molecule has 1 aromatic heterocycles. The molecule has 15 nitrogen and oxygen atoms in total. The number of fused-ring (bicyclic) bond motifs is 1. The second-order valence-corrected chi connectivity index (χ2v) is 12.2. The number of rotatable bonds is 5. The van der Waals surface area contributed by atoms with E-state index >= 15 is 0 Å². The zero-order valence-corrected chi connectivity index (χ0v) is 24.4. The number of nitrogens with two attached hydrogens (primary N) is 2. The van der Waals surface area contributed by atoms with Crippen molar-refractivity contribution in [1.29, 1.82) is 0 Å². The van der Waals surface area contributed by atoms with Gasteiger partial charge in [0, 0.05) is 38.1 Å². The molecule has 15 heteroatoms. The third kappa shape index (κ3) is 4.09. The number of benzene rings is 1. The maximum Gasteiger partial charge on any atom is 0.291 e. The monoisotopic (exact) mass is 592 g/mol. The number of aliphatic imine (C=N–C) groups is 2. The first-order valence-corrected chi connectivity index (χ1v) is 14.1. The maximum atomic E-state index is 13.7. The second-order valence-electron chi connectivity index (χ2n) is 12.2. The summed E-state index contributed by atoms with van der Waals surface area (Å²) in [5, 5.41) is 27.2. The van der Waals surface area contributed by atoms with Gasteiger partial charge in [0.15, 0.2) is 11.6 Å². The van der Waals surface area contributed by atoms with Crippen LogP contribution in [0.3, 0.4) is 0 Å². The summed E-state index contributed by atoms with van der Waals surface area (Å²) in [5.74, 6) is -0.674. The van der Waals surface area contributed by atoms with E-state index in [2.05, 4.69) is 39.1 Å². The number of likely N-dealkylation sites (N-methyl/N-ethyl adjacent to an activating group) is 1. The summed E-state index contributed by atoms with van der Waals surface area (Å²) in [6.07, 6.45) is 3.74. The minimum absolute atomic E-state index is 0.000946. The van der Waals surface area contributed by atoms with Gasteiger partial charge in [0.25, 0.3) is 11.8 Å². The largest absolute Gasteiger partial charge is 0.492 e. The highest BCUT2D eigenvalue weighted by molar-refractivity contribution is 5.98. The number of guanidine groups is 2. The van der Waals surface area contributed by atoms with Gasteiger partial charge < -0.3 is 36.4 Å². The van der Waals surface area contributed by atoms with E-state index in [1.54, 1.807) is 19.2 Å². The molecule has 4 aliphatic rings. The van der Waals surface area contributed by atoms with Crippen molar-refractivity contribution in [3.05, 3.63) is 53.6 Å². The minimum atomic E-state index is -1.87. The summed E-state index contributed by atoms with van der Waals surface area (Å²) in [7, 11) is 1.56. The molecular weight excluding hydrogens is 556 g/mol. The number of hydrogen-bond acceptors (Lipinski definition) is 13. The van der Waals surface area contributed by atoms with E-state index in [4.69, 9.17) is 16.2 Å². The lowest BCUT2D eigenvalue weighted by atomic mass is 9.78. The van der Waals surface area contributed by atoms with Crippen molar-refractivity contribution in [3.8, 4) is 5.75 Å². The van der Waals surface area contributed by atoms with Crippen LogP contribution in [0.25, 0.3) is 0 Å². The van der Waals surface area contributed by atoms with E-state index in [1.807, 2.05) is 12.1 Å². The van der Waals surface area contributed by atoms with Gasteiger partial charge in [0.05, 0.1) is 24.3 Å². The molecule has 2 aromatic rings. The molecule has 7 N–H and O–H groups in total. The summed E-state index contributed by atoms with van der Waals surface area (Å²) >= 11 is 0. The SMILES string of the molecule is CN(CC1N=C(N)N2CC(NC(=O)c3cccc4c3OCCC4(C)C)[C@](C)(O)C23[C@H]1N=C(N)N3O)C(=O)c1ncccn1. The number of hydroxylamine groups is 2. The molecule has 43 heavy (non-hydrogen) atoms. The summed E-state index contributed by atoms with van der Waals surface area (Å²) in [4.78, 5) is 46.7. The Morgan fingerprint density at radius 2 is 1.86 bits per heavy atom. The summed E-state index contributed by atoms with van der Waals surface area (Å²) < 4.78 is 5.94. The first kappa shape index (κ1) is 28.6. The molecule has 0 radical (unpaired) electrons. The van der Waals surface area contributed by atoms with Gasteiger partial charge in [0.2, 0.25) is 11.8 Å². The van der Waals surface area contributed by atoms with Gasteiger partial charge in [-0.3, -0.25) is 14.8 Å². The Bertz CT molecular complexity index is 1530. The van der Waals surface area contributed by atoms with Gasteiger partial charge >= 0.3 is 0 Å². The average Bonchev–Trinajstić information content (AvgIpc) is 3.38. The Balaban J connectivity index is 1.31. The molecule has 0 bridgehead atoms. The van der Waals surface area contributed by atoms with Crippen molar-refractivity contribution < 1.29 is 24.6 Å². The molecule has 1 fully saturated rings. The van der Waals surface area contributed by atoms with Crippen LogP contribution in [-0.4, -0.2) is 115 Å². The first-order chi connectivity index (χ1) is 20.3. The lowest BCUT2D eigenvalue weighted by Gasteiger charge is -2.52. The van der Waals surface area contributed by atoms with Crippen molar-refractivity contribution in [2.45, 2.75) is 62.0 Å². The van der Waals surface area contributed by atoms with Crippen LogP contribution in [0.4, 0.5) is 0 Å². The molecule has 0 aliphatic carbocycles. The predicted molar refractivity (Wildman–Crippen MR) is 154 cm³/mol. The molecule has 1 saturated heterocycles. The predicted octanol–water partition coefficient (Wildman–Crippen LogP) is -0.745. The summed E-state index contributed by atoms with van der Waals surface area (Å²) in [6.45, 7) is 6.16. The van der Waals surface area contributed by atoms with E-state index in [0.29, 0.717) is 23.0 Å². The van der Waals surface area contributed by atoms with Crippen molar-refractivity contribution >= 4 is 23.7 Å². The van der Waals surface area contributed by atoms with Crippen LogP contribution in [0, 0.1) is 0 Å². The Hall–Kier alpha value is -4.50.